The monoisotopic (exact) mass is 345 g/mol. The van der Waals surface area contributed by atoms with Crippen molar-refractivity contribution in [1.82, 2.24) is 15.5 Å². The largest absolute Gasteiger partial charge is 0.388 e. The Morgan fingerprint density at radius 3 is 2.44 bits per heavy atom. The molecular formula is C19H27N3O3. The minimum atomic E-state index is -0.978. The molecule has 1 heterocycles. The fraction of sp³-hybridized carbons (Fsp3) is 0.526. The number of carbonyl (C=O) groups is 1. The number of amides is 1. The van der Waals surface area contributed by atoms with E-state index >= 15 is 0 Å². The number of aromatic nitrogens is 2. The Kier molecular flexibility index (Phi) is 5.32. The van der Waals surface area contributed by atoms with E-state index in [1.54, 1.807) is 25.1 Å². The lowest BCUT2D eigenvalue weighted by atomic mass is 9.92. The van der Waals surface area contributed by atoms with Crippen molar-refractivity contribution in [3.8, 4) is 11.5 Å². The Hall–Kier alpha value is -2.21. The standard InChI is InChI=1S/C19H27N3O3/c1-12(2)19(6,24)11-20-15(23)13-9-7-8-10-14(13)16-21-17(22-25-16)18(3,4)5/h7-10,12,24H,11H2,1-6H3,(H,20,23). The zero-order valence-corrected chi connectivity index (χ0v) is 15.8. The van der Waals surface area contributed by atoms with Crippen LogP contribution in [0.5, 0.6) is 0 Å². The van der Waals surface area contributed by atoms with Gasteiger partial charge in [0.2, 0.25) is 0 Å². The summed E-state index contributed by atoms with van der Waals surface area (Å²) >= 11 is 0. The molecule has 6 heteroatoms. The van der Waals surface area contributed by atoms with Gasteiger partial charge in [-0.3, -0.25) is 4.79 Å². The van der Waals surface area contributed by atoms with Crippen molar-refractivity contribution in [3.05, 3.63) is 35.7 Å². The first kappa shape index (κ1) is 19.1. The molecule has 0 aliphatic heterocycles. The van der Waals surface area contributed by atoms with Gasteiger partial charge in [-0.2, -0.15) is 4.98 Å². The van der Waals surface area contributed by atoms with E-state index < -0.39 is 5.60 Å². The third kappa shape index (κ3) is 4.45. The molecule has 1 atom stereocenters. The number of hydrogen-bond donors (Lipinski definition) is 2. The van der Waals surface area contributed by atoms with Gasteiger partial charge in [-0.15, -0.1) is 0 Å². The van der Waals surface area contributed by atoms with Crippen LogP contribution in [0.1, 0.15) is 57.7 Å². The fourth-order valence-electron chi connectivity index (χ4n) is 2.06. The van der Waals surface area contributed by atoms with Crippen LogP contribution in [0.4, 0.5) is 0 Å². The summed E-state index contributed by atoms with van der Waals surface area (Å²) in [5, 5.41) is 17.1. The fourth-order valence-corrected chi connectivity index (χ4v) is 2.06. The molecule has 2 N–H and O–H groups in total. The molecule has 0 radical (unpaired) electrons. The van der Waals surface area contributed by atoms with Gasteiger partial charge in [0, 0.05) is 12.0 Å². The molecule has 0 bridgehead atoms. The molecule has 25 heavy (non-hydrogen) atoms. The second-order valence-corrected chi connectivity index (χ2v) is 7.91. The molecule has 2 aromatic rings. The zero-order chi connectivity index (χ0) is 18.8. The van der Waals surface area contributed by atoms with Crippen LogP contribution in [0.25, 0.3) is 11.5 Å². The molecule has 0 saturated heterocycles. The first-order chi connectivity index (χ1) is 11.5. The summed E-state index contributed by atoms with van der Waals surface area (Å²) in [4.78, 5) is 17.0. The van der Waals surface area contributed by atoms with Gasteiger partial charge in [0.25, 0.3) is 11.8 Å². The lowest BCUT2D eigenvalue weighted by Crippen LogP contribution is -2.44. The van der Waals surface area contributed by atoms with Crippen molar-refractivity contribution in [2.24, 2.45) is 5.92 Å². The van der Waals surface area contributed by atoms with Crippen LogP contribution >= 0.6 is 0 Å². The summed E-state index contributed by atoms with van der Waals surface area (Å²) in [6.07, 6.45) is 0. The van der Waals surface area contributed by atoms with Gasteiger partial charge in [0.15, 0.2) is 5.82 Å². The minimum Gasteiger partial charge on any atom is -0.388 e. The van der Waals surface area contributed by atoms with Crippen molar-refractivity contribution in [3.63, 3.8) is 0 Å². The van der Waals surface area contributed by atoms with E-state index in [1.807, 2.05) is 40.7 Å². The number of hydrogen-bond acceptors (Lipinski definition) is 5. The maximum absolute atomic E-state index is 12.6. The number of nitrogens with zero attached hydrogens (tertiary/aromatic N) is 2. The van der Waals surface area contributed by atoms with Gasteiger partial charge >= 0.3 is 0 Å². The van der Waals surface area contributed by atoms with E-state index in [1.165, 1.54) is 0 Å². The normalized spacial score (nSPS) is 14.4. The number of aliphatic hydroxyl groups is 1. The van der Waals surface area contributed by atoms with Crippen LogP contribution in [-0.4, -0.2) is 33.3 Å². The molecule has 1 unspecified atom stereocenters. The third-order valence-electron chi connectivity index (χ3n) is 4.35. The van der Waals surface area contributed by atoms with Crippen molar-refractivity contribution in [1.29, 1.82) is 0 Å². The maximum Gasteiger partial charge on any atom is 0.258 e. The molecule has 1 aromatic carbocycles. The highest BCUT2D eigenvalue weighted by Gasteiger charge is 2.27. The molecule has 0 aliphatic carbocycles. The highest BCUT2D eigenvalue weighted by Crippen LogP contribution is 2.26. The zero-order valence-electron chi connectivity index (χ0n) is 15.8. The maximum atomic E-state index is 12.6. The predicted molar refractivity (Wildman–Crippen MR) is 96.2 cm³/mol. The first-order valence-electron chi connectivity index (χ1n) is 8.46. The van der Waals surface area contributed by atoms with E-state index in [4.69, 9.17) is 4.52 Å². The number of carbonyl (C=O) groups excluding carboxylic acids is 1. The number of benzene rings is 1. The summed E-state index contributed by atoms with van der Waals surface area (Å²) in [5.74, 6) is 0.632. The molecule has 6 nitrogen and oxygen atoms in total. The van der Waals surface area contributed by atoms with E-state index in [2.05, 4.69) is 15.5 Å². The average Bonchev–Trinajstić information content (AvgIpc) is 3.02. The van der Waals surface area contributed by atoms with E-state index in [9.17, 15) is 9.90 Å². The second kappa shape index (κ2) is 6.96. The number of rotatable bonds is 5. The second-order valence-electron chi connectivity index (χ2n) is 7.91. The predicted octanol–water partition coefficient (Wildman–Crippen LogP) is 3.17. The van der Waals surface area contributed by atoms with Gasteiger partial charge in [-0.05, 0) is 25.0 Å². The molecule has 0 spiro atoms. The van der Waals surface area contributed by atoms with Crippen molar-refractivity contribution >= 4 is 5.91 Å². The summed E-state index contributed by atoms with van der Waals surface area (Å²) in [5.41, 5.74) is -0.206. The Balaban J connectivity index is 2.26. The lowest BCUT2D eigenvalue weighted by Gasteiger charge is -2.27. The van der Waals surface area contributed by atoms with Crippen LogP contribution in [0.15, 0.2) is 28.8 Å². The van der Waals surface area contributed by atoms with Crippen LogP contribution in [0.2, 0.25) is 0 Å². The molecule has 1 aromatic heterocycles. The van der Waals surface area contributed by atoms with Gasteiger partial charge in [0.1, 0.15) is 0 Å². The highest BCUT2D eigenvalue weighted by atomic mass is 16.5. The SMILES string of the molecule is CC(C)C(C)(O)CNC(=O)c1ccccc1-c1nc(C(C)(C)C)no1. The molecule has 136 valence electrons. The molecule has 2 rings (SSSR count). The van der Waals surface area contributed by atoms with Crippen LogP contribution in [0.3, 0.4) is 0 Å². The van der Waals surface area contributed by atoms with E-state index in [0.717, 1.165) is 0 Å². The van der Waals surface area contributed by atoms with Crippen LogP contribution in [0, 0.1) is 5.92 Å². The molecule has 0 fully saturated rings. The van der Waals surface area contributed by atoms with Gasteiger partial charge in [-0.25, -0.2) is 0 Å². The van der Waals surface area contributed by atoms with Gasteiger partial charge in [0.05, 0.1) is 16.7 Å². The first-order valence-corrected chi connectivity index (χ1v) is 8.46. The van der Waals surface area contributed by atoms with E-state index in [0.29, 0.717) is 22.8 Å². The average molecular weight is 345 g/mol. The van der Waals surface area contributed by atoms with Crippen LogP contribution in [-0.2, 0) is 5.41 Å². The summed E-state index contributed by atoms with van der Waals surface area (Å²) < 4.78 is 5.36. The Morgan fingerprint density at radius 2 is 1.88 bits per heavy atom. The highest BCUT2D eigenvalue weighted by molar-refractivity contribution is 5.99. The van der Waals surface area contributed by atoms with Gasteiger partial charge in [-0.1, -0.05) is 51.9 Å². The summed E-state index contributed by atoms with van der Waals surface area (Å²) in [7, 11) is 0. The Bertz CT molecular complexity index is 742. The Labute approximate surface area is 148 Å². The van der Waals surface area contributed by atoms with E-state index in [-0.39, 0.29) is 23.8 Å². The topological polar surface area (TPSA) is 88.2 Å². The van der Waals surface area contributed by atoms with Crippen molar-refractivity contribution < 1.29 is 14.4 Å². The van der Waals surface area contributed by atoms with Crippen molar-refractivity contribution in [2.75, 3.05) is 6.54 Å². The van der Waals surface area contributed by atoms with Crippen LogP contribution < -0.4 is 5.32 Å². The summed E-state index contributed by atoms with van der Waals surface area (Å²) in [6.45, 7) is 11.7. The molecule has 0 aliphatic rings. The minimum absolute atomic E-state index is 0.0216. The quantitative estimate of drug-likeness (QED) is 0.869. The van der Waals surface area contributed by atoms with Crippen molar-refractivity contribution in [2.45, 2.75) is 52.6 Å². The van der Waals surface area contributed by atoms with Gasteiger partial charge < -0.3 is 14.9 Å². The third-order valence-corrected chi connectivity index (χ3v) is 4.35. The lowest BCUT2D eigenvalue weighted by molar-refractivity contribution is 0.0142. The Morgan fingerprint density at radius 1 is 1.24 bits per heavy atom. The summed E-state index contributed by atoms with van der Waals surface area (Å²) in [6, 6.07) is 7.07. The molecule has 0 saturated carbocycles. The smallest absolute Gasteiger partial charge is 0.258 e. The number of nitrogens with one attached hydrogen (secondary N) is 1. The molecular weight excluding hydrogens is 318 g/mol. The molecule has 1 amide bonds.